The molecule has 0 aliphatic heterocycles. The van der Waals surface area contributed by atoms with Gasteiger partial charge in [-0.2, -0.15) is 0 Å². The molecule has 0 aliphatic rings. The number of hydrogen-bond donors (Lipinski definition) is 2. The maximum absolute atomic E-state index is 5.72. The van der Waals surface area contributed by atoms with Crippen molar-refractivity contribution in [1.82, 2.24) is 15.0 Å². The van der Waals surface area contributed by atoms with Crippen LogP contribution in [0.5, 0.6) is 0 Å². The van der Waals surface area contributed by atoms with E-state index in [0.29, 0.717) is 0 Å². The number of H-pyrrole nitrogens is 1. The molecule has 0 atom stereocenters. The third-order valence-electron chi connectivity index (χ3n) is 2.36. The van der Waals surface area contributed by atoms with Gasteiger partial charge in [0.2, 0.25) is 0 Å². The number of thiazole rings is 1. The summed E-state index contributed by atoms with van der Waals surface area (Å²) in [5, 5.41) is 1.04. The number of nitrogen functional groups attached to an aromatic ring is 1. The quantitative estimate of drug-likeness (QED) is 0.631. The van der Waals surface area contributed by atoms with E-state index in [1.165, 1.54) is 0 Å². The molecule has 80 valence electrons. The number of aromatic nitrogens is 3. The topological polar surface area (TPSA) is 67.6 Å². The minimum Gasteiger partial charge on any atom is -0.399 e. The molecule has 4 nitrogen and oxygen atoms in total. The van der Waals surface area contributed by atoms with Crippen LogP contribution in [0.4, 0.5) is 5.69 Å². The Hall–Kier alpha value is -1.88. The molecule has 2 heterocycles. The van der Waals surface area contributed by atoms with Crippen LogP contribution in [0.2, 0.25) is 0 Å². The fourth-order valence-electron chi connectivity index (χ4n) is 1.61. The molecule has 1 aromatic carbocycles. The minimum atomic E-state index is 0.739. The third-order valence-corrected chi connectivity index (χ3v) is 3.28. The van der Waals surface area contributed by atoms with Gasteiger partial charge >= 0.3 is 0 Å². The van der Waals surface area contributed by atoms with E-state index in [0.717, 1.165) is 32.4 Å². The molecule has 0 saturated carbocycles. The molecule has 16 heavy (non-hydrogen) atoms. The molecule has 3 aromatic rings. The van der Waals surface area contributed by atoms with Gasteiger partial charge in [-0.1, -0.05) is 0 Å². The first-order chi connectivity index (χ1) is 7.72. The number of imidazole rings is 1. The van der Waals surface area contributed by atoms with Crippen LogP contribution in [-0.2, 0) is 0 Å². The van der Waals surface area contributed by atoms with Gasteiger partial charge in [-0.15, -0.1) is 11.3 Å². The first-order valence-electron chi connectivity index (χ1n) is 4.90. The van der Waals surface area contributed by atoms with Crippen LogP contribution < -0.4 is 5.73 Å². The van der Waals surface area contributed by atoms with Crippen LogP contribution in [-0.4, -0.2) is 15.0 Å². The highest BCUT2D eigenvalue weighted by Gasteiger charge is 2.07. The number of rotatable bonds is 1. The van der Waals surface area contributed by atoms with E-state index in [2.05, 4.69) is 15.0 Å². The summed E-state index contributed by atoms with van der Waals surface area (Å²) in [5.74, 6) is 0.853. The van der Waals surface area contributed by atoms with Gasteiger partial charge in [-0.3, -0.25) is 0 Å². The van der Waals surface area contributed by atoms with Crippen molar-refractivity contribution in [2.45, 2.75) is 6.92 Å². The summed E-state index contributed by atoms with van der Waals surface area (Å²) < 4.78 is 0. The second-order valence-corrected chi connectivity index (χ2v) is 4.84. The fourth-order valence-corrected chi connectivity index (χ4v) is 2.34. The number of fused-ring (bicyclic) bond motifs is 1. The van der Waals surface area contributed by atoms with Gasteiger partial charge < -0.3 is 10.7 Å². The van der Waals surface area contributed by atoms with Gasteiger partial charge in [0.15, 0.2) is 0 Å². The van der Waals surface area contributed by atoms with Gasteiger partial charge in [0, 0.05) is 11.9 Å². The zero-order chi connectivity index (χ0) is 11.1. The summed E-state index contributed by atoms with van der Waals surface area (Å²) in [6, 6.07) is 5.66. The summed E-state index contributed by atoms with van der Waals surface area (Å²) >= 11 is 1.62. The van der Waals surface area contributed by atoms with Gasteiger partial charge in [0.1, 0.15) is 5.82 Å². The predicted molar refractivity (Wildman–Crippen MR) is 66.4 cm³/mol. The second-order valence-electron chi connectivity index (χ2n) is 3.61. The lowest BCUT2D eigenvalue weighted by Gasteiger charge is -1.89. The van der Waals surface area contributed by atoms with Crippen molar-refractivity contribution in [3.05, 3.63) is 29.4 Å². The highest BCUT2D eigenvalue weighted by atomic mass is 32.1. The zero-order valence-corrected chi connectivity index (χ0v) is 9.51. The number of aromatic amines is 1. The second kappa shape index (κ2) is 3.31. The lowest BCUT2D eigenvalue weighted by Crippen LogP contribution is -1.82. The summed E-state index contributed by atoms with van der Waals surface area (Å²) in [5.41, 5.74) is 8.34. The lowest BCUT2D eigenvalue weighted by atomic mass is 10.3. The van der Waals surface area contributed by atoms with Crippen LogP contribution >= 0.6 is 11.3 Å². The Morgan fingerprint density at radius 1 is 1.38 bits per heavy atom. The van der Waals surface area contributed by atoms with Crippen molar-refractivity contribution >= 4 is 28.1 Å². The van der Waals surface area contributed by atoms with Crippen molar-refractivity contribution in [1.29, 1.82) is 0 Å². The molecule has 5 heteroatoms. The van der Waals surface area contributed by atoms with E-state index in [4.69, 9.17) is 5.73 Å². The molecule has 3 rings (SSSR count). The molecule has 0 bridgehead atoms. The molecule has 2 aromatic heterocycles. The van der Waals surface area contributed by atoms with E-state index in [9.17, 15) is 0 Å². The molecular formula is C11H10N4S. The van der Waals surface area contributed by atoms with Crippen molar-refractivity contribution in [2.24, 2.45) is 0 Å². The highest BCUT2D eigenvalue weighted by Crippen LogP contribution is 2.26. The van der Waals surface area contributed by atoms with Crippen molar-refractivity contribution < 1.29 is 0 Å². The number of hydrogen-bond acceptors (Lipinski definition) is 4. The number of nitrogens with zero attached hydrogens (tertiary/aromatic N) is 2. The van der Waals surface area contributed by atoms with Gasteiger partial charge in [0.05, 0.1) is 20.9 Å². The van der Waals surface area contributed by atoms with E-state index < -0.39 is 0 Å². The minimum absolute atomic E-state index is 0.739. The standard InChI is InChI=1S/C11H10N4S/c1-6-13-5-10(16-6)11-14-8-3-2-7(12)4-9(8)15-11/h2-5H,12H2,1H3,(H,14,15). The van der Waals surface area contributed by atoms with E-state index in [1.54, 1.807) is 11.3 Å². The van der Waals surface area contributed by atoms with Crippen LogP contribution in [0, 0.1) is 6.92 Å². The van der Waals surface area contributed by atoms with Crippen LogP contribution in [0.1, 0.15) is 5.01 Å². The first kappa shape index (κ1) is 9.35. The maximum atomic E-state index is 5.72. The highest BCUT2D eigenvalue weighted by molar-refractivity contribution is 7.14. The maximum Gasteiger partial charge on any atom is 0.150 e. The molecule has 0 spiro atoms. The average molecular weight is 230 g/mol. The van der Waals surface area contributed by atoms with Crippen LogP contribution in [0.15, 0.2) is 24.4 Å². The summed E-state index contributed by atoms with van der Waals surface area (Å²) in [6.45, 7) is 1.98. The van der Waals surface area contributed by atoms with Gasteiger partial charge in [-0.05, 0) is 25.1 Å². The Morgan fingerprint density at radius 2 is 2.25 bits per heavy atom. The fraction of sp³-hybridized carbons (Fsp3) is 0.0909. The third kappa shape index (κ3) is 1.45. The smallest absolute Gasteiger partial charge is 0.150 e. The summed E-state index contributed by atoms with van der Waals surface area (Å²) in [7, 11) is 0. The Kier molecular flexibility index (Phi) is 1.94. The van der Waals surface area contributed by atoms with Gasteiger partial charge in [0.25, 0.3) is 0 Å². The van der Waals surface area contributed by atoms with E-state index >= 15 is 0 Å². The number of nitrogens with one attached hydrogen (secondary N) is 1. The molecule has 0 aliphatic carbocycles. The molecule has 0 unspecified atom stereocenters. The first-order valence-corrected chi connectivity index (χ1v) is 5.72. The van der Waals surface area contributed by atoms with E-state index in [1.807, 2.05) is 31.3 Å². The number of nitrogens with two attached hydrogens (primary N) is 1. The average Bonchev–Trinajstić information content (AvgIpc) is 2.83. The number of anilines is 1. The lowest BCUT2D eigenvalue weighted by molar-refractivity contribution is 1.28. The largest absolute Gasteiger partial charge is 0.399 e. The summed E-state index contributed by atoms with van der Waals surface area (Å²) in [6.07, 6.45) is 1.83. The molecule has 3 N–H and O–H groups in total. The Morgan fingerprint density at radius 3 is 3.00 bits per heavy atom. The Labute approximate surface area is 96.2 Å². The molecule has 0 radical (unpaired) electrons. The molecule has 0 saturated heterocycles. The monoisotopic (exact) mass is 230 g/mol. The Balaban J connectivity index is 2.18. The van der Waals surface area contributed by atoms with Crippen LogP contribution in [0.25, 0.3) is 21.7 Å². The SMILES string of the molecule is Cc1ncc(-c2nc3ccc(N)cc3[nH]2)s1. The van der Waals surface area contributed by atoms with Crippen molar-refractivity contribution in [3.8, 4) is 10.7 Å². The Bertz CT molecular complexity index is 653. The predicted octanol–water partition coefficient (Wildman–Crippen LogP) is 2.58. The van der Waals surface area contributed by atoms with Crippen LogP contribution in [0.3, 0.4) is 0 Å². The normalized spacial score (nSPS) is 11.1. The molecular weight excluding hydrogens is 220 g/mol. The van der Waals surface area contributed by atoms with E-state index in [-0.39, 0.29) is 0 Å². The van der Waals surface area contributed by atoms with Crippen molar-refractivity contribution in [2.75, 3.05) is 5.73 Å². The van der Waals surface area contributed by atoms with Crippen molar-refractivity contribution in [3.63, 3.8) is 0 Å². The number of benzene rings is 1. The number of aryl methyl sites for hydroxylation is 1. The molecule has 0 fully saturated rings. The molecule has 0 amide bonds. The van der Waals surface area contributed by atoms with Gasteiger partial charge in [-0.25, -0.2) is 9.97 Å². The zero-order valence-electron chi connectivity index (χ0n) is 8.69. The summed E-state index contributed by atoms with van der Waals surface area (Å²) in [4.78, 5) is 13.0.